The molecule has 0 aromatic heterocycles. The van der Waals surface area contributed by atoms with Crippen LogP contribution in [0.1, 0.15) is 28.2 Å². The summed E-state index contributed by atoms with van der Waals surface area (Å²) in [5.74, 6) is -0.0260. The normalized spacial score (nSPS) is 19.3. The summed E-state index contributed by atoms with van der Waals surface area (Å²) in [6.45, 7) is 2.67. The second kappa shape index (κ2) is 12.9. The van der Waals surface area contributed by atoms with Crippen LogP contribution >= 0.6 is 0 Å². The number of methoxy groups -OCH3 is 1. The lowest BCUT2D eigenvalue weighted by molar-refractivity contribution is -0.0518. The Hall–Kier alpha value is -3.71. The number of benzene rings is 4. The number of carboxylic acid groups (broad SMARTS) is 1. The number of piperidine rings is 1. The Morgan fingerprint density at radius 2 is 1.46 bits per heavy atom. The third kappa shape index (κ3) is 6.84. The maximum atomic E-state index is 12.0. The zero-order valence-corrected chi connectivity index (χ0v) is 22.2. The fraction of sp³-hybridized carbons (Fsp3) is 0.303. The number of likely N-dealkylation sites (tertiary alicyclic amines) is 1. The second-order valence-electron chi connectivity index (χ2n) is 10.2. The lowest BCUT2D eigenvalue weighted by Gasteiger charge is -2.42. The molecule has 0 radical (unpaired) electrons. The van der Waals surface area contributed by atoms with E-state index in [1.165, 1.54) is 10.3 Å². The first-order chi connectivity index (χ1) is 19.1. The molecule has 4 aromatic carbocycles. The van der Waals surface area contributed by atoms with Gasteiger partial charge in [0.1, 0.15) is 0 Å². The molecular formula is C33H35NO5. The van der Waals surface area contributed by atoms with Crippen LogP contribution in [0.3, 0.4) is 0 Å². The molecule has 1 amide bonds. The fourth-order valence-corrected chi connectivity index (χ4v) is 5.50. The van der Waals surface area contributed by atoms with E-state index < -0.39 is 6.09 Å². The average molecular weight is 526 g/mol. The van der Waals surface area contributed by atoms with Crippen LogP contribution in [0.25, 0.3) is 10.8 Å². The number of amides is 1. The minimum Gasteiger partial charge on any atom is -0.465 e. The van der Waals surface area contributed by atoms with Gasteiger partial charge >= 0.3 is 6.09 Å². The molecule has 5 rings (SSSR count). The summed E-state index contributed by atoms with van der Waals surface area (Å²) in [7, 11) is 1.66. The highest BCUT2D eigenvalue weighted by Crippen LogP contribution is 2.36. The van der Waals surface area contributed by atoms with Crippen LogP contribution in [0.15, 0.2) is 97.1 Å². The van der Waals surface area contributed by atoms with Crippen molar-refractivity contribution in [3.63, 3.8) is 0 Å². The molecule has 1 fully saturated rings. The van der Waals surface area contributed by atoms with Gasteiger partial charge in [-0.15, -0.1) is 0 Å². The molecule has 0 spiro atoms. The molecule has 1 saturated heterocycles. The smallest absolute Gasteiger partial charge is 0.407 e. The van der Waals surface area contributed by atoms with Crippen molar-refractivity contribution in [2.24, 2.45) is 5.92 Å². The molecule has 6 heteroatoms. The summed E-state index contributed by atoms with van der Waals surface area (Å²) in [4.78, 5) is 13.4. The predicted octanol–water partition coefficient (Wildman–Crippen LogP) is 6.48. The van der Waals surface area contributed by atoms with Gasteiger partial charge in [0.2, 0.25) is 0 Å². The number of rotatable bonds is 10. The summed E-state index contributed by atoms with van der Waals surface area (Å²) >= 11 is 0. The van der Waals surface area contributed by atoms with Gasteiger partial charge in [0.05, 0.1) is 39.1 Å². The van der Waals surface area contributed by atoms with E-state index in [0.29, 0.717) is 39.5 Å². The van der Waals surface area contributed by atoms with E-state index in [-0.39, 0.29) is 17.9 Å². The lowest BCUT2D eigenvalue weighted by atomic mass is 9.78. The summed E-state index contributed by atoms with van der Waals surface area (Å²) < 4.78 is 18.0. The number of hydrogen-bond acceptors (Lipinski definition) is 4. The van der Waals surface area contributed by atoms with Crippen molar-refractivity contribution in [3.05, 3.63) is 119 Å². The Kier molecular flexibility index (Phi) is 8.89. The molecule has 1 aliphatic rings. The van der Waals surface area contributed by atoms with Crippen molar-refractivity contribution < 1.29 is 24.1 Å². The maximum Gasteiger partial charge on any atom is 0.407 e. The molecule has 1 aliphatic heterocycles. The first-order valence-electron chi connectivity index (χ1n) is 13.4. The molecule has 0 bridgehead atoms. The van der Waals surface area contributed by atoms with Crippen molar-refractivity contribution in [3.8, 4) is 0 Å². The molecule has 3 unspecified atom stereocenters. The van der Waals surface area contributed by atoms with E-state index in [9.17, 15) is 9.90 Å². The van der Waals surface area contributed by atoms with E-state index in [2.05, 4.69) is 66.7 Å². The molecule has 1 heterocycles. The van der Waals surface area contributed by atoms with Crippen molar-refractivity contribution in [1.29, 1.82) is 0 Å². The SMILES string of the molecule is COCC1CN(C(=O)O)CC(OCc2ccc3ccccc3c2)C1c1ccc(COCc2ccccc2)cc1. The third-order valence-corrected chi connectivity index (χ3v) is 7.44. The Bertz CT molecular complexity index is 1360. The molecule has 6 nitrogen and oxygen atoms in total. The minimum atomic E-state index is -0.931. The van der Waals surface area contributed by atoms with Gasteiger partial charge in [0.15, 0.2) is 0 Å². The number of ether oxygens (including phenoxy) is 3. The zero-order chi connectivity index (χ0) is 27.0. The van der Waals surface area contributed by atoms with Crippen molar-refractivity contribution in [1.82, 2.24) is 4.90 Å². The molecule has 4 aromatic rings. The van der Waals surface area contributed by atoms with Gasteiger partial charge in [-0.1, -0.05) is 91.0 Å². The van der Waals surface area contributed by atoms with Gasteiger partial charge in [-0.05, 0) is 39.1 Å². The summed E-state index contributed by atoms with van der Waals surface area (Å²) in [5, 5.41) is 12.2. The Labute approximate surface area is 229 Å². The van der Waals surface area contributed by atoms with E-state index in [1.54, 1.807) is 7.11 Å². The fourth-order valence-electron chi connectivity index (χ4n) is 5.50. The molecule has 0 saturated carbocycles. The summed E-state index contributed by atoms with van der Waals surface area (Å²) in [5.41, 5.74) is 4.43. The van der Waals surface area contributed by atoms with E-state index in [4.69, 9.17) is 14.2 Å². The van der Waals surface area contributed by atoms with E-state index in [0.717, 1.165) is 27.6 Å². The second-order valence-corrected chi connectivity index (χ2v) is 10.2. The topological polar surface area (TPSA) is 68.2 Å². The van der Waals surface area contributed by atoms with Gasteiger partial charge in [0, 0.05) is 25.5 Å². The quantitative estimate of drug-likeness (QED) is 0.257. The zero-order valence-electron chi connectivity index (χ0n) is 22.2. The van der Waals surface area contributed by atoms with Gasteiger partial charge in [-0.25, -0.2) is 4.79 Å². The number of hydrogen-bond donors (Lipinski definition) is 1. The van der Waals surface area contributed by atoms with Crippen molar-refractivity contribution in [2.45, 2.75) is 31.8 Å². The Morgan fingerprint density at radius 1 is 0.795 bits per heavy atom. The van der Waals surface area contributed by atoms with Gasteiger partial charge in [-0.2, -0.15) is 0 Å². The summed E-state index contributed by atoms with van der Waals surface area (Å²) in [6, 6.07) is 33.1. The first-order valence-corrected chi connectivity index (χ1v) is 13.4. The Balaban J connectivity index is 1.32. The highest BCUT2D eigenvalue weighted by Gasteiger charge is 2.40. The highest BCUT2D eigenvalue weighted by molar-refractivity contribution is 5.82. The van der Waals surface area contributed by atoms with Crippen LogP contribution < -0.4 is 0 Å². The van der Waals surface area contributed by atoms with Crippen LogP contribution in [-0.2, 0) is 34.0 Å². The molecule has 0 aliphatic carbocycles. The monoisotopic (exact) mass is 525 g/mol. The van der Waals surface area contributed by atoms with Crippen LogP contribution in [0.5, 0.6) is 0 Å². The molecule has 3 atom stereocenters. The van der Waals surface area contributed by atoms with Crippen LogP contribution in [-0.4, -0.2) is 49.0 Å². The van der Waals surface area contributed by atoms with Crippen LogP contribution in [0, 0.1) is 5.92 Å². The van der Waals surface area contributed by atoms with Crippen molar-refractivity contribution >= 4 is 16.9 Å². The van der Waals surface area contributed by atoms with Gasteiger partial charge in [0.25, 0.3) is 0 Å². The number of nitrogens with zero attached hydrogens (tertiary/aromatic N) is 1. The van der Waals surface area contributed by atoms with Gasteiger partial charge in [-0.3, -0.25) is 0 Å². The highest BCUT2D eigenvalue weighted by atomic mass is 16.5. The summed E-state index contributed by atoms with van der Waals surface area (Å²) in [6.07, 6.45) is -1.23. The van der Waals surface area contributed by atoms with Crippen LogP contribution in [0.4, 0.5) is 4.79 Å². The molecule has 202 valence electrons. The third-order valence-electron chi connectivity index (χ3n) is 7.44. The largest absolute Gasteiger partial charge is 0.465 e. The van der Waals surface area contributed by atoms with Crippen molar-refractivity contribution in [2.75, 3.05) is 26.8 Å². The van der Waals surface area contributed by atoms with E-state index >= 15 is 0 Å². The lowest BCUT2D eigenvalue weighted by Crippen LogP contribution is -2.52. The van der Waals surface area contributed by atoms with E-state index in [1.807, 2.05) is 30.3 Å². The van der Waals surface area contributed by atoms with Crippen LogP contribution in [0.2, 0.25) is 0 Å². The number of fused-ring (bicyclic) bond motifs is 1. The van der Waals surface area contributed by atoms with Gasteiger partial charge < -0.3 is 24.2 Å². The standard InChI is InChI=1S/C33H35NO5/c1-37-23-30-18-34(33(35)36)19-31(39-22-26-13-14-27-9-5-6-10-29(27)17-26)32(30)28-15-11-25(12-16-28)21-38-20-24-7-3-2-4-8-24/h2-17,30-32H,18-23H2,1H3,(H,35,36). The average Bonchev–Trinajstić information content (AvgIpc) is 2.97. The maximum absolute atomic E-state index is 12.0. The first kappa shape index (κ1) is 26.9. The Morgan fingerprint density at radius 3 is 2.18 bits per heavy atom. The predicted molar refractivity (Wildman–Crippen MR) is 152 cm³/mol. The number of carbonyl (C=O) groups is 1. The molecule has 1 N–H and O–H groups in total. The molecular weight excluding hydrogens is 490 g/mol. The minimum absolute atomic E-state index is 0.000272. The molecule has 39 heavy (non-hydrogen) atoms.